The molecule has 92 valence electrons. The predicted molar refractivity (Wildman–Crippen MR) is 72.4 cm³/mol. The number of carbonyl (C=O) groups excluding carboxylic acids is 1. The van der Waals surface area contributed by atoms with Crippen LogP contribution in [0.1, 0.15) is 25.7 Å². The molecule has 1 heterocycles. The molecule has 0 radical (unpaired) electrons. The molecular weight excluding hydrogens is 240 g/mol. The molecule has 1 aliphatic carbocycles. The zero-order valence-electron chi connectivity index (χ0n) is 9.54. The number of urea groups is 1. The lowest BCUT2D eigenvalue weighted by atomic mass is 10.2. The Morgan fingerprint density at radius 2 is 2.06 bits per heavy atom. The molecule has 1 saturated carbocycles. The van der Waals surface area contributed by atoms with Gasteiger partial charge >= 0.3 is 6.03 Å². The van der Waals surface area contributed by atoms with Gasteiger partial charge in [0.05, 0.1) is 0 Å². The van der Waals surface area contributed by atoms with Gasteiger partial charge in [0, 0.05) is 35.1 Å². The number of thioether (sulfide) groups is 2. The van der Waals surface area contributed by atoms with Crippen LogP contribution in [0.25, 0.3) is 0 Å². The summed E-state index contributed by atoms with van der Waals surface area (Å²) < 4.78 is 0. The molecule has 2 aliphatic rings. The average Bonchev–Trinajstić information content (AvgIpc) is 2.81. The van der Waals surface area contributed by atoms with E-state index in [1.54, 1.807) is 0 Å². The molecule has 0 aromatic rings. The molecule has 0 spiro atoms. The maximum atomic E-state index is 11.6. The molecule has 2 fully saturated rings. The number of nitrogens with one attached hydrogen (secondary N) is 2. The Bertz CT molecular complexity index is 226. The first-order valence-corrected chi connectivity index (χ1v) is 8.28. The Balaban J connectivity index is 1.59. The molecule has 2 N–H and O–H groups in total. The molecule has 0 aromatic carbocycles. The minimum atomic E-state index is 0.0306. The summed E-state index contributed by atoms with van der Waals surface area (Å²) in [6.45, 7) is 0.816. The molecule has 0 bridgehead atoms. The van der Waals surface area contributed by atoms with Crippen molar-refractivity contribution in [1.82, 2.24) is 10.6 Å². The highest BCUT2D eigenvalue weighted by molar-refractivity contribution is 8.06. The van der Waals surface area contributed by atoms with Gasteiger partial charge in [0.2, 0.25) is 0 Å². The molecule has 1 unspecified atom stereocenters. The average molecular weight is 260 g/mol. The lowest BCUT2D eigenvalue weighted by Gasteiger charge is -2.21. The molecule has 5 heteroatoms. The Kier molecular flexibility index (Phi) is 5.16. The van der Waals surface area contributed by atoms with Crippen LogP contribution in [0.4, 0.5) is 4.79 Å². The number of rotatable bonds is 3. The van der Waals surface area contributed by atoms with Crippen LogP contribution >= 0.6 is 23.5 Å². The standard InChI is InChI=1S/C11H20N2OS2/c14-11(13-9-3-1-2-4-9)12-7-10-8-15-5-6-16-10/h9-10H,1-8H2,(H2,12,13,14). The van der Waals surface area contributed by atoms with Gasteiger partial charge in [-0.2, -0.15) is 23.5 Å². The number of hydrogen-bond donors (Lipinski definition) is 2. The summed E-state index contributed by atoms with van der Waals surface area (Å²) in [5, 5.41) is 6.65. The summed E-state index contributed by atoms with van der Waals surface area (Å²) in [7, 11) is 0. The van der Waals surface area contributed by atoms with Crippen LogP contribution in [0, 0.1) is 0 Å². The maximum absolute atomic E-state index is 11.6. The van der Waals surface area contributed by atoms with E-state index in [1.165, 1.54) is 30.1 Å². The first-order valence-electron chi connectivity index (χ1n) is 6.08. The zero-order chi connectivity index (χ0) is 11.2. The van der Waals surface area contributed by atoms with Gasteiger partial charge in [0.15, 0.2) is 0 Å². The van der Waals surface area contributed by atoms with E-state index in [4.69, 9.17) is 0 Å². The second-order valence-corrected chi connectivity index (χ2v) is 6.96. The van der Waals surface area contributed by atoms with Crippen LogP contribution in [-0.2, 0) is 0 Å². The summed E-state index contributed by atoms with van der Waals surface area (Å²) in [5.41, 5.74) is 0. The maximum Gasteiger partial charge on any atom is 0.315 e. The number of hydrogen-bond acceptors (Lipinski definition) is 3. The van der Waals surface area contributed by atoms with E-state index in [1.807, 2.05) is 23.5 Å². The summed E-state index contributed by atoms with van der Waals surface area (Å²) in [6.07, 6.45) is 4.84. The third-order valence-electron chi connectivity index (χ3n) is 3.07. The molecule has 2 rings (SSSR count). The van der Waals surface area contributed by atoms with Crippen LogP contribution in [0.3, 0.4) is 0 Å². The van der Waals surface area contributed by atoms with Crippen molar-refractivity contribution in [2.45, 2.75) is 37.0 Å². The number of amides is 2. The van der Waals surface area contributed by atoms with Crippen LogP contribution in [0.2, 0.25) is 0 Å². The van der Waals surface area contributed by atoms with Crippen LogP contribution in [0.15, 0.2) is 0 Å². The fraction of sp³-hybridized carbons (Fsp3) is 0.909. The van der Waals surface area contributed by atoms with E-state index in [2.05, 4.69) is 10.6 Å². The fourth-order valence-corrected chi connectivity index (χ4v) is 4.78. The van der Waals surface area contributed by atoms with Crippen molar-refractivity contribution in [3.63, 3.8) is 0 Å². The molecule has 3 nitrogen and oxygen atoms in total. The summed E-state index contributed by atoms with van der Waals surface area (Å²) in [6, 6.07) is 0.455. The minimum Gasteiger partial charge on any atom is -0.337 e. The van der Waals surface area contributed by atoms with Gasteiger partial charge in [-0.3, -0.25) is 0 Å². The van der Waals surface area contributed by atoms with Crippen molar-refractivity contribution in [3.8, 4) is 0 Å². The van der Waals surface area contributed by atoms with Crippen molar-refractivity contribution < 1.29 is 4.79 Å². The SMILES string of the molecule is O=C(NCC1CSCCS1)NC1CCCC1. The lowest BCUT2D eigenvalue weighted by molar-refractivity contribution is 0.237. The first-order chi connectivity index (χ1) is 7.84. The molecule has 1 atom stereocenters. The first kappa shape index (κ1) is 12.4. The van der Waals surface area contributed by atoms with E-state index in [-0.39, 0.29) is 6.03 Å². The van der Waals surface area contributed by atoms with E-state index in [9.17, 15) is 4.79 Å². The molecule has 0 aromatic heterocycles. The second-order valence-electron chi connectivity index (χ2n) is 4.40. The predicted octanol–water partition coefficient (Wildman–Crippen LogP) is 2.08. The Morgan fingerprint density at radius 1 is 1.25 bits per heavy atom. The Morgan fingerprint density at radius 3 is 2.75 bits per heavy atom. The second kappa shape index (κ2) is 6.64. The highest BCUT2D eigenvalue weighted by atomic mass is 32.2. The Labute approximate surface area is 106 Å². The van der Waals surface area contributed by atoms with Crippen LogP contribution < -0.4 is 10.6 Å². The summed E-state index contributed by atoms with van der Waals surface area (Å²) >= 11 is 3.98. The van der Waals surface area contributed by atoms with Crippen molar-refractivity contribution in [3.05, 3.63) is 0 Å². The number of carbonyl (C=O) groups is 1. The summed E-state index contributed by atoms with van der Waals surface area (Å²) in [5.74, 6) is 3.66. The lowest BCUT2D eigenvalue weighted by Crippen LogP contribution is -2.43. The van der Waals surface area contributed by atoms with Gasteiger partial charge in [-0.25, -0.2) is 4.79 Å². The van der Waals surface area contributed by atoms with Gasteiger partial charge in [0.1, 0.15) is 0 Å². The van der Waals surface area contributed by atoms with E-state index in [0.29, 0.717) is 11.3 Å². The normalized spacial score (nSPS) is 26.6. The topological polar surface area (TPSA) is 41.1 Å². The van der Waals surface area contributed by atoms with Gasteiger partial charge in [-0.05, 0) is 12.8 Å². The van der Waals surface area contributed by atoms with E-state index < -0.39 is 0 Å². The Hall–Kier alpha value is -0.0300. The molecule has 1 saturated heterocycles. The van der Waals surface area contributed by atoms with E-state index in [0.717, 1.165) is 19.4 Å². The molecule has 1 aliphatic heterocycles. The van der Waals surface area contributed by atoms with E-state index >= 15 is 0 Å². The van der Waals surface area contributed by atoms with Crippen molar-refractivity contribution in [2.24, 2.45) is 0 Å². The van der Waals surface area contributed by atoms with Crippen molar-refractivity contribution in [2.75, 3.05) is 23.8 Å². The highest BCUT2D eigenvalue weighted by Crippen LogP contribution is 2.23. The third kappa shape index (κ3) is 4.09. The van der Waals surface area contributed by atoms with Crippen molar-refractivity contribution in [1.29, 1.82) is 0 Å². The van der Waals surface area contributed by atoms with Crippen molar-refractivity contribution >= 4 is 29.6 Å². The van der Waals surface area contributed by atoms with Gasteiger partial charge < -0.3 is 10.6 Å². The monoisotopic (exact) mass is 260 g/mol. The molecule has 2 amide bonds. The van der Waals surface area contributed by atoms with Crippen LogP contribution in [-0.4, -0.2) is 41.1 Å². The highest BCUT2D eigenvalue weighted by Gasteiger charge is 2.18. The molecule has 16 heavy (non-hydrogen) atoms. The van der Waals surface area contributed by atoms with Gasteiger partial charge in [0.25, 0.3) is 0 Å². The van der Waals surface area contributed by atoms with Gasteiger partial charge in [-0.1, -0.05) is 12.8 Å². The molecular formula is C11H20N2OS2. The largest absolute Gasteiger partial charge is 0.337 e. The zero-order valence-corrected chi connectivity index (χ0v) is 11.2. The quantitative estimate of drug-likeness (QED) is 0.816. The van der Waals surface area contributed by atoms with Crippen LogP contribution in [0.5, 0.6) is 0 Å². The smallest absolute Gasteiger partial charge is 0.315 e. The minimum absolute atomic E-state index is 0.0306. The fourth-order valence-electron chi connectivity index (χ4n) is 2.17. The summed E-state index contributed by atoms with van der Waals surface area (Å²) in [4.78, 5) is 11.6. The van der Waals surface area contributed by atoms with Gasteiger partial charge in [-0.15, -0.1) is 0 Å². The third-order valence-corrected chi connectivity index (χ3v) is 5.91.